The van der Waals surface area contributed by atoms with Gasteiger partial charge >= 0.3 is 5.97 Å². The van der Waals surface area contributed by atoms with Gasteiger partial charge in [-0.15, -0.1) is 0 Å². The van der Waals surface area contributed by atoms with Gasteiger partial charge < -0.3 is 20.1 Å². The Kier molecular flexibility index (Phi) is 3.97. The van der Waals surface area contributed by atoms with E-state index in [-0.39, 0.29) is 6.10 Å². The first-order valence-corrected chi connectivity index (χ1v) is 7.92. The van der Waals surface area contributed by atoms with Crippen molar-refractivity contribution in [3.8, 4) is 5.75 Å². The molecule has 2 atom stereocenters. The number of hydrogen-bond donors (Lipinski definition) is 3. The van der Waals surface area contributed by atoms with Crippen LogP contribution in [0, 0.1) is 6.92 Å². The number of aromatic nitrogens is 1. The molecule has 0 spiro atoms. The van der Waals surface area contributed by atoms with E-state index in [1.165, 1.54) is 0 Å². The molecule has 0 saturated heterocycles. The van der Waals surface area contributed by atoms with Gasteiger partial charge in [-0.3, -0.25) is 0 Å². The molecule has 2 unspecified atom stereocenters. The van der Waals surface area contributed by atoms with Crippen LogP contribution in [0.1, 0.15) is 31.1 Å². The molecule has 128 valence electrons. The number of carbonyl (C=O) groups is 1. The number of aliphatic hydroxyl groups excluding tert-OH is 1. The van der Waals surface area contributed by atoms with Crippen molar-refractivity contribution in [3.05, 3.63) is 35.7 Å². The van der Waals surface area contributed by atoms with Crippen molar-refractivity contribution in [3.63, 3.8) is 0 Å². The van der Waals surface area contributed by atoms with E-state index < -0.39 is 24.2 Å². The molecule has 0 amide bonds. The number of pyridine rings is 1. The van der Waals surface area contributed by atoms with Gasteiger partial charge in [0.1, 0.15) is 18.5 Å². The lowest BCUT2D eigenvalue weighted by molar-refractivity contribution is -0.716. The molecule has 0 aliphatic carbocycles. The van der Waals surface area contributed by atoms with Gasteiger partial charge in [0.2, 0.25) is 0 Å². The standard InChI is InChI=1S/C18H21NO5/c1-10-6-11-4-5-12-7-15(18(2,3)23)24-16(12)13(11)8-19(10)14(9-20)17(21)22/h4-6,8,14-15,20,23H,7,9H2,1-3H3/p+1. The highest BCUT2D eigenvalue weighted by molar-refractivity contribution is 5.89. The monoisotopic (exact) mass is 332 g/mol. The summed E-state index contributed by atoms with van der Waals surface area (Å²) in [6.45, 7) is 4.73. The lowest BCUT2D eigenvalue weighted by Crippen LogP contribution is -2.48. The zero-order valence-corrected chi connectivity index (χ0v) is 14.0. The minimum absolute atomic E-state index is 0.346. The SMILES string of the molecule is Cc1cc2ccc3c(c2c[n+]1C(CO)C(=O)O)OC(C(C)(C)O)C3. The van der Waals surface area contributed by atoms with Crippen molar-refractivity contribution >= 4 is 16.7 Å². The van der Waals surface area contributed by atoms with Crippen LogP contribution in [-0.2, 0) is 11.2 Å². The molecule has 0 bridgehead atoms. The third kappa shape index (κ3) is 2.72. The van der Waals surface area contributed by atoms with Gasteiger partial charge in [-0.25, -0.2) is 4.79 Å². The lowest BCUT2D eigenvalue weighted by Gasteiger charge is -2.24. The number of aliphatic hydroxyl groups is 2. The highest BCUT2D eigenvalue weighted by Gasteiger charge is 2.37. The molecule has 1 aliphatic heterocycles. The van der Waals surface area contributed by atoms with Gasteiger partial charge in [0.05, 0.1) is 11.0 Å². The number of hydrogen-bond acceptors (Lipinski definition) is 4. The third-order valence-electron chi connectivity index (χ3n) is 4.60. The molecular weight excluding hydrogens is 310 g/mol. The van der Waals surface area contributed by atoms with Crippen molar-refractivity contribution in [1.29, 1.82) is 0 Å². The zero-order valence-electron chi connectivity index (χ0n) is 14.0. The molecular formula is C18H22NO5+. The van der Waals surface area contributed by atoms with E-state index in [0.717, 1.165) is 22.0 Å². The van der Waals surface area contributed by atoms with E-state index in [9.17, 15) is 20.1 Å². The van der Waals surface area contributed by atoms with Gasteiger partial charge in [0.15, 0.2) is 11.9 Å². The number of carboxylic acids is 1. The van der Waals surface area contributed by atoms with Crippen LogP contribution in [0.2, 0.25) is 0 Å². The van der Waals surface area contributed by atoms with Crippen molar-refractivity contribution in [1.82, 2.24) is 0 Å². The summed E-state index contributed by atoms with van der Waals surface area (Å²) in [6, 6.07) is 4.78. The summed E-state index contributed by atoms with van der Waals surface area (Å²) in [5.74, 6) is -0.414. The average molecular weight is 332 g/mol. The summed E-state index contributed by atoms with van der Waals surface area (Å²) in [4.78, 5) is 11.4. The highest BCUT2D eigenvalue weighted by atomic mass is 16.5. The summed E-state index contributed by atoms with van der Waals surface area (Å²) in [5, 5.41) is 30.7. The zero-order chi connectivity index (χ0) is 17.6. The molecule has 6 nitrogen and oxygen atoms in total. The quantitative estimate of drug-likeness (QED) is 0.730. The average Bonchev–Trinajstić information content (AvgIpc) is 2.92. The maximum Gasteiger partial charge on any atom is 0.376 e. The fraction of sp³-hybridized carbons (Fsp3) is 0.444. The normalized spacial score (nSPS) is 18.3. The first kappa shape index (κ1) is 16.7. The molecule has 0 radical (unpaired) electrons. The number of ether oxygens (including phenoxy) is 1. The van der Waals surface area contributed by atoms with Crippen molar-refractivity contribution in [2.75, 3.05) is 6.61 Å². The Morgan fingerprint density at radius 3 is 2.75 bits per heavy atom. The number of benzene rings is 1. The largest absolute Gasteiger partial charge is 0.486 e. The van der Waals surface area contributed by atoms with Crippen LogP contribution in [0.3, 0.4) is 0 Å². The summed E-state index contributed by atoms with van der Waals surface area (Å²) in [6.07, 6.45) is 1.97. The van der Waals surface area contributed by atoms with Crippen LogP contribution in [0.4, 0.5) is 0 Å². The predicted octanol–water partition coefficient (Wildman–Crippen LogP) is 1.13. The van der Waals surface area contributed by atoms with Crippen molar-refractivity contribution in [2.45, 2.75) is 44.9 Å². The summed E-state index contributed by atoms with van der Waals surface area (Å²) >= 11 is 0. The first-order valence-electron chi connectivity index (χ1n) is 7.92. The molecule has 6 heteroatoms. The maximum absolute atomic E-state index is 11.4. The number of carboxylic acid groups (broad SMARTS) is 1. The Morgan fingerprint density at radius 1 is 1.46 bits per heavy atom. The van der Waals surface area contributed by atoms with E-state index in [1.54, 1.807) is 31.5 Å². The van der Waals surface area contributed by atoms with E-state index in [0.29, 0.717) is 12.2 Å². The minimum atomic E-state index is -1.09. The molecule has 1 aromatic carbocycles. The third-order valence-corrected chi connectivity index (χ3v) is 4.60. The van der Waals surface area contributed by atoms with Crippen LogP contribution >= 0.6 is 0 Å². The Hall–Kier alpha value is -2.18. The van der Waals surface area contributed by atoms with E-state index in [1.807, 2.05) is 18.2 Å². The number of nitrogens with zero attached hydrogens (tertiary/aromatic N) is 1. The van der Waals surface area contributed by atoms with E-state index in [2.05, 4.69) is 0 Å². The fourth-order valence-electron chi connectivity index (χ4n) is 3.16. The number of fused-ring (bicyclic) bond motifs is 3. The second-order valence-corrected chi connectivity index (χ2v) is 6.88. The van der Waals surface area contributed by atoms with E-state index in [4.69, 9.17) is 4.74 Å². The lowest BCUT2D eigenvalue weighted by atomic mass is 9.96. The molecule has 2 aromatic rings. The van der Waals surface area contributed by atoms with Crippen LogP contribution < -0.4 is 9.30 Å². The van der Waals surface area contributed by atoms with Gasteiger partial charge in [-0.1, -0.05) is 12.1 Å². The smallest absolute Gasteiger partial charge is 0.376 e. The van der Waals surface area contributed by atoms with E-state index >= 15 is 0 Å². The molecule has 24 heavy (non-hydrogen) atoms. The van der Waals surface area contributed by atoms with Crippen LogP contribution in [-0.4, -0.2) is 39.6 Å². The summed E-state index contributed by atoms with van der Waals surface area (Å²) in [7, 11) is 0. The molecule has 1 aromatic heterocycles. The van der Waals surface area contributed by atoms with Gasteiger partial charge in [0, 0.05) is 19.4 Å². The van der Waals surface area contributed by atoms with Gasteiger partial charge in [-0.05, 0) is 24.8 Å². The highest BCUT2D eigenvalue weighted by Crippen LogP contribution is 2.38. The Bertz CT molecular complexity index is 809. The molecule has 0 fully saturated rings. The van der Waals surface area contributed by atoms with Crippen molar-refractivity contribution < 1.29 is 29.4 Å². The topological polar surface area (TPSA) is 90.9 Å². The Morgan fingerprint density at radius 2 is 2.17 bits per heavy atom. The summed E-state index contributed by atoms with van der Waals surface area (Å²) < 4.78 is 7.53. The second kappa shape index (κ2) is 5.72. The molecule has 3 N–H and O–H groups in total. The minimum Gasteiger partial charge on any atom is -0.486 e. The molecule has 1 aliphatic rings. The Balaban J connectivity index is 2.15. The summed E-state index contributed by atoms with van der Waals surface area (Å²) in [5.41, 5.74) is 0.752. The van der Waals surface area contributed by atoms with Crippen LogP contribution in [0.15, 0.2) is 24.4 Å². The molecule has 3 rings (SSSR count). The molecule has 2 heterocycles. The van der Waals surface area contributed by atoms with Crippen LogP contribution in [0.5, 0.6) is 5.75 Å². The van der Waals surface area contributed by atoms with Crippen molar-refractivity contribution in [2.24, 2.45) is 0 Å². The maximum atomic E-state index is 11.4. The second-order valence-electron chi connectivity index (χ2n) is 6.88. The number of aliphatic carboxylic acids is 1. The molecule has 0 saturated carbocycles. The number of rotatable bonds is 4. The first-order chi connectivity index (χ1) is 11.2. The number of aryl methyl sites for hydroxylation is 1. The Labute approximate surface area is 139 Å². The van der Waals surface area contributed by atoms with Crippen LogP contribution in [0.25, 0.3) is 10.8 Å². The fourth-order valence-corrected chi connectivity index (χ4v) is 3.16. The van der Waals surface area contributed by atoms with Gasteiger partial charge in [-0.2, -0.15) is 4.57 Å². The van der Waals surface area contributed by atoms with Gasteiger partial charge in [0.25, 0.3) is 6.04 Å². The predicted molar refractivity (Wildman–Crippen MR) is 87.1 cm³/mol.